The highest BCUT2D eigenvalue weighted by Crippen LogP contribution is 2.61. The fourth-order valence-corrected chi connectivity index (χ4v) is 9.40. The van der Waals surface area contributed by atoms with E-state index in [-0.39, 0.29) is 35.5 Å². The number of rotatable bonds is 4. The molecule has 56 heavy (non-hydrogen) atoms. The van der Waals surface area contributed by atoms with Gasteiger partial charge in [0.05, 0.1) is 46.1 Å². The first-order chi connectivity index (χ1) is 26.0. The lowest BCUT2D eigenvalue weighted by Crippen LogP contribution is -2.46. The maximum absolute atomic E-state index is 13.2. The summed E-state index contributed by atoms with van der Waals surface area (Å²) in [6.07, 6.45) is 8.20. The molecule has 0 radical (unpaired) electrons. The van der Waals surface area contributed by atoms with Gasteiger partial charge >= 0.3 is 14.2 Å². The van der Waals surface area contributed by atoms with Crippen molar-refractivity contribution in [1.29, 1.82) is 0 Å². The Morgan fingerprint density at radius 2 is 0.750 bits per heavy atom. The quantitative estimate of drug-likeness (QED) is 0.189. The molecular formula is C44H56B2N2O8. The maximum atomic E-state index is 13.2. The van der Waals surface area contributed by atoms with E-state index < -0.39 is 70.9 Å². The summed E-state index contributed by atoms with van der Waals surface area (Å²) >= 11 is 0. The summed E-state index contributed by atoms with van der Waals surface area (Å²) in [7, 11) is 1.97. The van der Waals surface area contributed by atoms with Crippen LogP contribution in [0.25, 0.3) is 0 Å². The highest BCUT2D eigenvalue weighted by atomic mass is 16.7. The first-order valence-electron chi connectivity index (χ1n) is 19.8. The summed E-state index contributed by atoms with van der Waals surface area (Å²) in [5.41, 5.74) is 0.0770. The van der Waals surface area contributed by atoms with Crippen molar-refractivity contribution in [2.24, 2.45) is 23.7 Å². The molecule has 0 unspecified atom stereocenters. The topological polar surface area (TPSA) is 112 Å². The standard InChI is InChI=1S/2C22H28BNO4/c2*1-20(2)21(3,4)28-23(27-20)22(5)13-12-15(14-10-8-7-9-11-14)16-17(22)19(26)24(6)18(16)25/h2*7-13,15-17H,1-6H3/t2*15-,16+,17-,22+/m10/s1. The van der Waals surface area contributed by atoms with Crippen molar-refractivity contribution in [3.63, 3.8) is 0 Å². The Balaban J connectivity index is 0.000000172. The molecule has 8 atom stereocenters. The molecule has 10 nitrogen and oxygen atoms in total. The van der Waals surface area contributed by atoms with Crippen LogP contribution in [0, 0.1) is 23.7 Å². The Labute approximate surface area is 332 Å². The summed E-state index contributed by atoms with van der Waals surface area (Å²) < 4.78 is 25.3. The lowest BCUT2D eigenvalue weighted by atomic mass is 9.46. The van der Waals surface area contributed by atoms with Gasteiger partial charge in [-0.3, -0.25) is 29.0 Å². The van der Waals surface area contributed by atoms with E-state index in [9.17, 15) is 19.2 Å². The maximum Gasteiger partial charge on any atom is 0.469 e. The molecule has 0 saturated carbocycles. The molecule has 0 bridgehead atoms. The monoisotopic (exact) mass is 762 g/mol. The minimum Gasteiger partial charge on any atom is -0.403 e. The molecule has 12 heteroatoms. The Morgan fingerprint density at radius 1 is 0.464 bits per heavy atom. The van der Waals surface area contributed by atoms with Crippen LogP contribution in [0.3, 0.4) is 0 Å². The molecule has 0 spiro atoms. The zero-order chi connectivity index (χ0) is 41.0. The summed E-state index contributed by atoms with van der Waals surface area (Å²) in [4.78, 5) is 55.1. The van der Waals surface area contributed by atoms with Crippen molar-refractivity contribution in [2.45, 2.75) is 114 Å². The highest BCUT2D eigenvalue weighted by Gasteiger charge is 2.68. The van der Waals surface area contributed by atoms with Gasteiger partial charge in [0, 0.05) is 36.6 Å². The van der Waals surface area contributed by atoms with E-state index in [4.69, 9.17) is 18.6 Å². The molecule has 4 heterocycles. The van der Waals surface area contributed by atoms with Crippen molar-refractivity contribution in [2.75, 3.05) is 14.1 Å². The van der Waals surface area contributed by atoms with Crippen LogP contribution >= 0.6 is 0 Å². The van der Waals surface area contributed by atoms with E-state index >= 15 is 0 Å². The van der Waals surface area contributed by atoms with Crippen LogP contribution in [-0.2, 0) is 37.8 Å². The van der Waals surface area contributed by atoms with Crippen LogP contribution in [-0.4, -0.2) is 84.2 Å². The number of imide groups is 2. The van der Waals surface area contributed by atoms with Gasteiger partial charge in [-0.1, -0.05) is 98.8 Å². The van der Waals surface area contributed by atoms with Crippen molar-refractivity contribution >= 4 is 37.9 Å². The largest absolute Gasteiger partial charge is 0.469 e. The average Bonchev–Trinajstić information content (AvgIpc) is 3.71. The molecule has 2 aliphatic carbocycles. The zero-order valence-electron chi connectivity index (χ0n) is 34.9. The number of nitrogens with zero attached hydrogens (tertiary/aromatic N) is 2. The lowest BCUT2D eigenvalue weighted by molar-refractivity contribution is -0.140. The molecule has 2 aromatic carbocycles. The number of carbonyl (C=O) groups is 4. The van der Waals surface area contributed by atoms with Gasteiger partial charge in [0.15, 0.2) is 0 Å². The van der Waals surface area contributed by atoms with E-state index in [1.54, 1.807) is 14.1 Å². The highest BCUT2D eigenvalue weighted by molar-refractivity contribution is 6.52. The second-order valence-electron chi connectivity index (χ2n) is 19.0. The number of fused-ring (bicyclic) bond motifs is 2. The number of allylic oxidation sites excluding steroid dienone is 4. The second kappa shape index (κ2) is 13.4. The molecule has 296 valence electrons. The van der Waals surface area contributed by atoms with E-state index in [1.807, 2.05) is 142 Å². The van der Waals surface area contributed by atoms with Crippen LogP contribution < -0.4 is 0 Å². The number of benzene rings is 2. The van der Waals surface area contributed by atoms with Crippen LogP contribution in [0.4, 0.5) is 0 Å². The molecule has 0 N–H and O–H groups in total. The Hall–Kier alpha value is -3.83. The van der Waals surface area contributed by atoms with Crippen molar-refractivity contribution in [3.05, 3.63) is 96.1 Å². The number of carbonyl (C=O) groups excluding carboxylic acids is 4. The van der Waals surface area contributed by atoms with Gasteiger partial charge in [0.1, 0.15) is 0 Å². The molecule has 4 amide bonds. The fourth-order valence-electron chi connectivity index (χ4n) is 9.40. The second-order valence-corrected chi connectivity index (χ2v) is 19.0. The molecule has 4 fully saturated rings. The minimum atomic E-state index is -0.724. The van der Waals surface area contributed by atoms with Gasteiger partial charge in [0.2, 0.25) is 23.6 Å². The third-order valence-corrected chi connectivity index (χ3v) is 14.5. The SMILES string of the molecule is CN1C(=O)[C@H]2[C@@H](C1=O)[C@](C)(B1OC(C)(C)C(C)(C)O1)C=C[C@H]2c1ccccc1.CN1C(=O)[C@H]2[C@@H](c3ccccc3)C=C[C@](C)(B3OC(C)(C)C(C)(C)O3)[C@H]2C1=O. The van der Waals surface area contributed by atoms with Crippen LogP contribution in [0.2, 0.25) is 10.6 Å². The Bertz CT molecular complexity index is 1810. The normalized spacial score (nSPS) is 36.1. The number of amides is 4. The number of hydrogen-bond acceptors (Lipinski definition) is 8. The first-order valence-corrected chi connectivity index (χ1v) is 19.8. The first kappa shape index (κ1) is 40.4. The van der Waals surface area contributed by atoms with Crippen molar-refractivity contribution in [1.82, 2.24) is 9.80 Å². The smallest absolute Gasteiger partial charge is 0.403 e. The molecule has 4 aliphatic heterocycles. The molecule has 6 aliphatic rings. The Kier molecular flexibility index (Phi) is 9.63. The third-order valence-electron chi connectivity index (χ3n) is 14.5. The van der Waals surface area contributed by atoms with Gasteiger partial charge in [-0.05, 0) is 66.5 Å². The van der Waals surface area contributed by atoms with E-state index in [2.05, 4.69) is 12.2 Å². The van der Waals surface area contributed by atoms with Crippen LogP contribution in [0.15, 0.2) is 85.0 Å². The minimum absolute atomic E-state index is 0.129. The van der Waals surface area contributed by atoms with Crippen LogP contribution in [0.1, 0.15) is 92.2 Å². The lowest BCUT2D eigenvalue weighted by Gasteiger charge is -2.41. The molecular weight excluding hydrogens is 706 g/mol. The number of hydrogen-bond donors (Lipinski definition) is 0. The van der Waals surface area contributed by atoms with Gasteiger partial charge < -0.3 is 18.6 Å². The van der Waals surface area contributed by atoms with Gasteiger partial charge in [-0.2, -0.15) is 0 Å². The van der Waals surface area contributed by atoms with E-state index in [0.29, 0.717) is 0 Å². The number of likely N-dealkylation sites (tertiary alicyclic amines) is 2. The molecule has 8 rings (SSSR count). The van der Waals surface area contributed by atoms with Crippen LogP contribution in [0.5, 0.6) is 0 Å². The average molecular weight is 763 g/mol. The fraction of sp³-hybridized carbons (Fsp3) is 0.545. The van der Waals surface area contributed by atoms with Gasteiger partial charge in [-0.25, -0.2) is 0 Å². The third kappa shape index (κ3) is 6.00. The van der Waals surface area contributed by atoms with Gasteiger partial charge in [0.25, 0.3) is 0 Å². The summed E-state index contributed by atoms with van der Waals surface area (Å²) in [5, 5.41) is -1.45. The molecule has 2 aromatic rings. The Morgan fingerprint density at radius 3 is 1.04 bits per heavy atom. The van der Waals surface area contributed by atoms with Crippen molar-refractivity contribution in [3.8, 4) is 0 Å². The summed E-state index contributed by atoms with van der Waals surface area (Å²) in [6, 6.07) is 19.8. The molecule has 4 saturated heterocycles. The summed E-state index contributed by atoms with van der Waals surface area (Å²) in [6.45, 7) is 20.0. The van der Waals surface area contributed by atoms with Gasteiger partial charge in [-0.15, -0.1) is 0 Å². The van der Waals surface area contributed by atoms with Crippen molar-refractivity contribution < 1.29 is 37.8 Å². The zero-order valence-corrected chi connectivity index (χ0v) is 34.9. The summed E-state index contributed by atoms with van der Waals surface area (Å²) in [5.74, 6) is -2.78. The molecule has 0 aromatic heterocycles. The van der Waals surface area contributed by atoms with E-state index in [0.717, 1.165) is 11.1 Å². The van der Waals surface area contributed by atoms with E-state index in [1.165, 1.54) is 9.80 Å². The predicted octanol–water partition coefficient (Wildman–Crippen LogP) is 6.85. The predicted molar refractivity (Wildman–Crippen MR) is 215 cm³/mol.